The summed E-state index contributed by atoms with van der Waals surface area (Å²) in [5.74, 6) is -0.981. The van der Waals surface area contributed by atoms with Gasteiger partial charge in [0, 0.05) is 23.7 Å². The molecule has 0 aliphatic carbocycles. The van der Waals surface area contributed by atoms with Crippen LogP contribution in [0, 0.1) is 16.0 Å². The molecule has 0 aliphatic rings. The van der Waals surface area contributed by atoms with Crippen LogP contribution >= 0.6 is 11.6 Å². The van der Waals surface area contributed by atoms with Crippen molar-refractivity contribution in [2.24, 2.45) is 5.92 Å². The van der Waals surface area contributed by atoms with E-state index in [1.54, 1.807) is 24.3 Å². The van der Waals surface area contributed by atoms with Crippen molar-refractivity contribution in [3.05, 3.63) is 68.7 Å². The zero-order valence-corrected chi connectivity index (χ0v) is 14.6. The fraction of sp³-hybridized carbons (Fsp3) is 0.278. The molecule has 1 N–H and O–H groups in total. The predicted octanol–water partition coefficient (Wildman–Crippen LogP) is 3.38. The monoisotopic (exact) mass is 361 g/mol. The van der Waals surface area contributed by atoms with Crippen molar-refractivity contribution < 1.29 is 14.8 Å². The van der Waals surface area contributed by atoms with E-state index in [0.717, 1.165) is 17.7 Å². The summed E-state index contributed by atoms with van der Waals surface area (Å²) in [5.41, 5.74) is 0.821. The summed E-state index contributed by atoms with van der Waals surface area (Å²) in [4.78, 5) is 22.8. The van der Waals surface area contributed by atoms with Crippen molar-refractivity contribution in [1.82, 2.24) is 5.32 Å². The average Bonchev–Trinajstić information content (AvgIpc) is 2.55. The largest absolute Gasteiger partial charge is 0.872 e. The van der Waals surface area contributed by atoms with Crippen molar-refractivity contribution in [2.45, 2.75) is 26.3 Å². The van der Waals surface area contributed by atoms with Gasteiger partial charge in [0.25, 0.3) is 5.69 Å². The van der Waals surface area contributed by atoms with Crippen molar-refractivity contribution >= 4 is 23.2 Å². The normalized spacial score (nSPS) is 12.0. The highest BCUT2D eigenvalue weighted by Gasteiger charge is 2.24. The highest BCUT2D eigenvalue weighted by molar-refractivity contribution is 6.30. The number of benzene rings is 2. The molecule has 2 aromatic rings. The number of nitro benzene ring substituents is 1. The smallest absolute Gasteiger partial charge is 0.269 e. The molecule has 2 rings (SSSR count). The molecule has 1 amide bonds. The van der Waals surface area contributed by atoms with Crippen LogP contribution in [0.2, 0.25) is 5.02 Å². The molecule has 0 saturated heterocycles. The Hall–Kier alpha value is -2.60. The van der Waals surface area contributed by atoms with Gasteiger partial charge in [-0.3, -0.25) is 14.9 Å². The molecule has 0 fully saturated rings. The van der Waals surface area contributed by atoms with Crippen LogP contribution in [0.15, 0.2) is 42.5 Å². The molecule has 25 heavy (non-hydrogen) atoms. The molecule has 0 saturated carbocycles. The summed E-state index contributed by atoms with van der Waals surface area (Å²) < 4.78 is 0. The van der Waals surface area contributed by atoms with Crippen molar-refractivity contribution in [2.75, 3.05) is 0 Å². The molecule has 1 atom stereocenters. The van der Waals surface area contributed by atoms with Crippen molar-refractivity contribution in [3.8, 4) is 5.75 Å². The first-order valence-corrected chi connectivity index (χ1v) is 8.15. The molecule has 7 heteroatoms. The molecule has 132 valence electrons. The molecule has 0 radical (unpaired) electrons. The predicted molar refractivity (Wildman–Crippen MR) is 93.4 cm³/mol. The topological polar surface area (TPSA) is 95.3 Å². The summed E-state index contributed by atoms with van der Waals surface area (Å²) in [6.07, 6.45) is 0. The lowest BCUT2D eigenvalue weighted by atomic mass is 9.87. The van der Waals surface area contributed by atoms with E-state index in [1.165, 1.54) is 6.07 Å². The Kier molecular flexibility index (Phi) is 5.98. The number of rotatable bonds is 6. The molecule has 0 unspecified atom stereocenters. The molecule has 0 heterocycles. The quantitative estimate of drug-likeness (QED) is 0.630. The minimum Gasteiger partial charge on any atom is -0.872 e. The van der Waals surface area contributed by atoms with E-state index < -0.39 is 10.8 Å². The third-order valence-corrected chi connectivity index (χ3v) is 4.14. The average molecular weight is 362 g/mol. The maximum atomic E-state index is 12.6. The number of nitro groups is 1. The van der Waals surface area contributed by atoms with Crippen molar-refractivity contribution in [3.63, 3.8) is 0 Å². The van der Waals surface area contributed by atoms with Crippen LogP contribution in [0.25, 0.3) is 0 Å². The maximum absolute atomic E-state index is 12.6. The molecular formula is C18H18ClN2O4-. The van der Waals surface area contributed by atoms with E-state index in [9.17, 15) is 20.0 Å². The fourth-order valence-corrected chi connectivity index (χ4v) is 2.74. The van der Waals surface area contributed by atoms with Gasteiger partial charge in [0.1, 0.15) is 0 Å². The van der Waals surface area contributed by atoms with Gasteiger partial charge in [-0.15, -0.1) is 5.75 Å². The number of amides is 1. The Morgan fingerprint density at radius 1 is 1.20 bits per heavy atom. The third kappa shape index (κ3) is 4.70. The Bertz CT molecular complexity index is 775. The molecule has 0 aliphatic heterocycles. The lowest BCUT2D eigenvalue weighted by Crippen LogP contribution is -2.31. The van der Waals surface area contributed by atoms with Crippen LogP contribution in [-0.2, 0) is 11.3 Å². The summed E-state index contributed by atoms with van der Waals surface area (Å²) in [5, 5.41) is 25.9. The van der Waals surface area contributed by atoms with Gasteiger partial charge in [-0.2, -0.15) is 0 Å². The van der Waals surface area contributed by atoms with E-state index in [1.807, 2.05) is 13.8 Å². The summed E-state index contributed by atoms with van der Waals surface area (Å²) in [7, 11) is 0. The Morgan fingerprint density at radius 3 is 2.40 bits per heavy atom. The highest BCUT2D eigenvalue weighted by atomic mass is 35.5. The number of hydrogen-bond donors (Lipinski definition) is 1. The van der Waals surface area contributed by atoms with Crippen LogP contribution < -0.4 is 10.4 Å². The first-order valence-electron chi connectivity index (χ1n) is 7.77. The Balaban J connectivity index is 2.15. The van der Waals surface area contributed by atoms with Gasteiger partial charge in [0.05, 0.1) is 10.8 Å². The number of nitrogens with one attached hydrogen (secondary N) is 1. The van der Waals surface area contributed by atoms with E-state index in [0.29, 0.717) is 5.02 Å². The van der Waals surface area contributed by atoms with E-state index in [4.69, 9.17) is 11.6 Å². The first kappa shape index (κ1) is 18.7. The third-order valence-electron chi connectivity index (χ3n) is 3.89. The maximum Gasteiger partial charge on any atom is 0.269 e. The second-order valence-corrected chi connectivity index (χ2v) is 6.48. The van der Waals surface area contributed by atoms with Gasteiger partial charge in [0.2, 0.25) is 5.91 Å². The van der Waals surface area contributed by atoms with Gasteiger partial charge in [-0.05, 0) is 29.2 Å². The molecule has 0 spiro atoms. The zero-order chi connectivity index (χ0) is 18.6. The lowest BCUT2D eigenvalue weighted by molar-refractivity contribution is -0.385. The number of nitrogens with zero attached hydrogens (tertiary/aromatic N) is 1. The van der Waals surface area contributed by atoms with Gasteiger partial charge < -0.3 is 10.4 Å². The van der Waals surface area contributed by atoms with Crippen LogP contribution in [0.4, 0.5) is 5.69 Å². The summed E-state index contributed by atoms with van der Waals surface area (Å²) >= 11 is 5.88. The van der Waals surface area contributed by atoms with Gasteiger partial charge in [-0.25, -0.2) is 0 Å². The molecule has 2 aromatic carbocycles. The number of halogens is 1. The SMILES string of the molecule is CC(C)[C@@H](C(=O)NCc1cc([N+](=O)[O-])ccc1[O-])c1ccc(Cl)cc1. The standard InChI is InChI=1S/C18H19ClN2O4/c1-11(2)17(12-3-5-14(19)6-4-12)18(23)20-10-13-9-15(21(24)25)7-8-16(13)22/h3-9,11,17,22H,10H2,1-2H3,(H,20,23)/p-1/t17-/m1/s1. The Morgan fingerprint density at radius 2 is 1.84 bits per heavy atom. The number of carbonyl (C=O) groups excluding carboxylic acids is 1. The minimum atomic E-state index is -0.574. The summed E-state index contributed by atoms with van der Waals surface area (Å²) in [6, 6.07) is 10.5. The molecule has 0 aromatic heterocycles. The lowest BCUT2D eigenvalue weighted by Gasteiger charge is -2.22. The van der Waals surface area contributed by atoms with E-state index >= 15 is 0 Å². The number of hydrogen-bond acceptors (Lipinski definition) is 4. The summed E-state index contributed by atoms with van der Waals surface area (Å²) in [6.45, 7) is 3.78. The second-order valence-electron chi connectivity index (χ2n) is 6.04. The molecule has 6 nitrogen and oxygen atoms in total. The van der Waals surface area contributed by atoms with Crippen LogP contribution in [0.3, 0.4) is 0 Å². The van der Waals surface area contributed by atoms with Crippen LogP contribution in [0.5, 0.6) is 5.75 Å². The first-order chi connectivity index (χ1) is 11.8. The van der Waals surface area contributed by atoms with Gasteiger partial charge in [-0.1, -0.05) is 43.6 Å². The second kappa shape index (κ2) is 7.98. The van der Waals surface area contributed by atoms with Gasteiger partial charge >= 0.3 is 0 Å². The van der Waals surface area contributed by atoms with Crippen LogP contribution in [-0.4, -0.2) is 10.8 Å². The molecular weight excluding hydrogens is 344 g/mol. The van der Waals surface area contributed by atoms with Gasteiger partial charge in [0.15, 0.2) is 0 Å². The fourth-order valence-electron chi connectivity index (χ4n) is 2.62. The van der Waals surface area contributed by atoms with Crippen molar-refractivity contribution in [1.29, 1.82) is 0 Å². The van der Waals surface area contributed by atoms with E-state index in [2.05, 4.69) is 5.32 Å². The zero-order valence-electron chi connectivity index (χ0n) is 13.9. The minimum absolute atomic E-state index is 0.0259. The van der Waals surface area contributed by atoms with Crippen LogP contribution in [0.1, 0.15) is 30.9 Å². The van der Waals surface area contributed by atoms with E-state index in [-0.39, 0.29) is 35.4 Å². The Labute approximate surface area is 150 Å². The highest BCUT2D eigenvalue weighted by Crippen LogP contribution is 2.27. The number of non-ortho nitro benzene ring substituents is 1. The molecule has 0 bridgehead atoms. The number of carbonyl (C=O) groups is 1.